The maximum Gasteiger partial charge on any atom is 0.120 e. The molecule has 0 bridgehead atoms. The number of methoxy groups -OCH3 is 1. The van der Waals surface area contributed by atoms with Crippen LogP contribution in [0.4, 0.5) is 0 Å². The minimum Gasteiger partial charge on any atom is -0.508 e. The van der Waals surface area contributed by atoms with Crippen LogP contribution in [0.25, 0.3) is 44.3 Å². The van der Waals surface area contributed by atoms with Gasteiger partial charge in [0, 0.05) is 45.3 Å². The fourth-order valence-electron chi connectivity index (χ4n) is 4.56. The number of ether oxygens (including phenoxy) is 1. The lowest BCUT2D eigenvalue weighted by Gasteiger charge is -1.99. The number of aryl methyl sites for hydroxylation is 2. The van der Waals surface area contributed by atoms with Crippen molar-refractivity contribution in [3.63, 3.8) is 0 Å². The van der Waals surface area contributed by atoms with E-state index in [4.69, 9.17) is 4.74 Å². The van der Waals surface area contributed by atoms with Gasteiger partial charge in [-0.3, -0.25) is 0 Å². The predicted molar refractivity (Wildman–Crippen MR) is 145 cm³/mol. The Morgan fingerprint density at radius 1 is 0.600 bits per heavy atom. The van der Waals surface area contributed by atoms with Crippen LogP contribution in [0, 0.1) is 13.8 Å². The van der Waals surface area contributed by atoms with Gasteiger partial charge >= 0.3 is 0 Å². The first kappa shape index (κ1) is 22.4. The molecule has 0 aliphatic rings. The molecule has 2 heterocycles. The number of phenols is 1. The number of phenolic OH excluding ortho intramolecular Hbond substituents is 1. The first-order valence-electron chi connectivity index (χ1n) is 11.6. The Kier molecular flexibility index (Phi) is 6.02. The molecule has 2 aromatic heterocycles. The van der Waals surface area contributed by atoms with E-state index in [1.807, 2.05) is 42.5 Å². The zero-order valence-corrected chi connectivity index (χ0v) is 20.1. The van der Waals surface area contributed by atoms with Crippen molar-refractivity contribution in [2.45, 2.75) is 13.8 Å². The van der Waals surface area contributed by atoms with Crippen molar-refractivity contribution in [2.24, 2.45) is 0 Å². The molecular formula is C31H28N2O2. The first-order chi connectivity index (χ1) is 17.0. The molecule has 0 fully saturated rings. The summed E-state index contributed by atoms with van der Waals surface area (Å²) in [4.78, 5) is 6.84. The van der Waals surface area contributed by atoms with Crippen molar-refractivity contribution >= 4 is 21.8 Å². The normalized spacial score (nSPS) is 10.8. The molecule has 0 spiro atoms. The Morgan fingerprint density at radius 3 is 1.60 bits per heavy atom. The van der Waals surface area contributed by atoms with Crippen molar-refractivity contribution in [1.29, 1.82) is 0 Å². The molecule has 6 aromatic rings. The topological polar surface area (TPSA) is 61.0 Å². The highest BCUT2D eigenvalue weighted by Crippen LogP contribution is 2.32. The monoisotopic (exact) mass is 460 g/mol. The molecule has 4 heteroatoms. The van der Waals surface area contributed by atoms with Crippen LogP contribution in [0.2, 0.25) is 0 Å². The molecule has 0 aliphatic heterocycles. The largest absolute Gasteiger partial charge is 0.508 e. The highest BCUT2D eigenvalue weighted by Gasteiger charge is 2.10. The van der Waals surface area contributed by atoms with Crippen molar-refractivity contribution in [2.75, 3.05) is 7.11 Å². The third-order valence-electron chi connectivity index (χ3n) is 6.43. The predicted octanol–water partition coefficient (Wildman–Crippen LogP) is 8.00. The summed E-state index contributed by atoms with van der Waals surface area (Å²) >= 11 is 0. The Balaban J connectivity index is 0.000000145. The smallest absolute Gasteiger partial charge is 0.120 e. The summed E-state index contributed by atoms with van der Waals surface area (Å²) in [5.74, 6) is 1.17. The third kappa shape index (κ3) is 4.38. The van der Waals surface area contributed by atoms with Crippen LogP contribution >= 0.6 is 0 Å². The standard InChI is InChI=1S/C16H15NO.C15H13NO/c1-11-14-9-8-13(18-2)10-15(14)17-16(11)12-6-4-3-5-7-12;1-10-13-8-7-12(17)9-14(13)16-15(10)11-5-3-2-4-6-11/h3-10,17H,1-2H3;2-9,16-17H,1H3. The van der Waals surface area contributed by atoms with E-state index in [9.17, 15) is 5.11 Å². The van der Waals surface area contributed by atoms with Gasteiger partial charge in [0.05, 0.1) is 7.11 Å². The van der Waals surface area contributed by atoms with Crippen LogP contribution in [-0.4, -0.2) is 22.2 Å². The molecule has 35 heavy (non-hydrogen) atoms. The van der Waals surface area contributed by atoms with E-state index in [1.54, 1.807) is 19.2 Å². The van der Waals surface area contributed by atoms with Crippen LogP contribution in [0.3, 0.4) is 0 Å². The zero-order valence-electron chi connectivity index (χ0n) is 20.1. The van der Waals surface area contributed by atoms with Crippen molar-refractivity contribution in [3.05, 3.63) is 108 Å². The molecule has 4 nitrogen and oxygen atoms in total. The van der Waals surface area contributed by atoms with Crippen molar-refractivity contribution < 1.29 is 9.84 Å². The molecule has 174 valence electrons. The lowest BCUT2D eigenvalue weighted by molar-refractivity contribution is 0.415. The van der Waals surface area contributed by atoms with Crippen LogP contribution in [0.15, 0.2) is 97.1 Å². The van der Waals surface area contributed by atoms with Gasteiger partial charge in [0.2, 0.25) is 0 Å². The SMILES string of the molecule is COc1ccc2c(C)c(-c3ccccc3)[nH]c2c1.Cc1c(-c2ccccc2)[nH]c2cc(O)ccc12. The lowest BCUT2D eigenvalue weighted by atomic mass is 10.1. The van der Waals surface area contributed by atoms with E-state index in [2.05, 4.69) is 66.3 Å². The molecule has 0 aliphatic carbocycles. The Bertz CT molecular complexity index is 1600. The number of aromatic nitrogens is 2. The number of nitrogens with one attached hydrogen (secondary N) is 2. The van der Waals surface area contributed by atoms with Gasteiger partial charge in [-0.25, -0.2) is 0 Å². The molecule has 4 aromatic carbocycles. The van der Waals surface area contributed by atoms with Crippen LogP contribution in [0.1, 0.15) is 11.1 Å². The van der Waals surface area contributed by atoms with Crippen LogP contribution in [-0.2, 0) is 0 Å². The van der Waals surface area contributed by atoms with E-state index < -0.39 is 0 Å². The number of rotatable bonds is 3. The van der Waals surface area contributed by atoms with Gasteiger partial charge in [0.25, 0.3) is 0 Å². The van der Waals surface area contributed by atoms with E-state index in [0.717, 1.165) is 27.9 Å². The number of hydrogen-bond acceptors (Lipinski definition) is 2. The van der Waals surface area contributed by atoms with Gasteiger partial charge in [-0.05, 0) is 60.4 Å². The molecular weight excluding hydrogens is 432 g/mol. The lowest BCUT2D eigenvalue weighted by Crippen LogP contribution is -1.81. The second kappa shape index (κ2) is 9.43. The fraction of sp³-hybridized carbons (Fsp3) is 0.0968. The van der Waals surface area contributed by atoms with Crippen LogP contribution < -0.4 is 4.74 Å². The second-order valence-corrected chi connectivity index (χ2v) is 8.62. The average molecular weight is 461 g/mol. The maximum atomic E-state index is 9.48. The summed E-state index contributed by atoms with van der Waals surface area (Å²) in [6, 6.07) is 32.2. The summed E-state index contributed by atoms with van der Waals surface area (Å²) in [6.45, 7) is 4.24. The molecule has 0 radical (unpaired) electrons. The number of H-pyrrole nitrogens is 2. The average Bonchev–Trinajstić information content (AvgIpc) is 3.41. The summed E-state index contributed by atoms with van der Waals surface area (Å²) < 4.78 is 5.26. The Hall–Kier alpha value is -4.44. The summed E-state index contributed by atoms with van der Waals surface area (Å²) in [5, 5.41) is 11.9. The van der Waals surface area contributed by atoms with Crippen molar-refractivity contribution in [3.8, 4) is 34.0 Å². The van der Waals surface area contributed by atoms with E-state index in [-0.39, 0.29) is 0 Å². The minimum absolute atomic E-state index is 0.290. The number of aromatic amines is 2. The summed E-state index contributed by atoms with van der Waals surface area (Å²) in [7, 11) is 1.69. The highest BCUT2D eigenvalue weighted by molar-refractivity contribution is 5.92. The number of benzene rings is 4. The van der Waals surface area contributed by atoms with Gasteiger partial charge in [-0.1, -0.05) is 60.7 Å². The van der Waals surface area contributed by atoms with Gasteiger partial charge in [0.1, 0.15) is 11.5 Å². The molecule has 0 saturated carbocycles. The molecule has 0 atom stereocenters. The molecule has 0 amide bonds. The minimum atomic E-state index is 0.290. The molecule has 0 saturated heterocycles. The molecule has 6 rings (SSSR count). The zero-order chi connectivity index (χ0) is 24.4. The first-order valence-corrected chi connectivity index (χ1v) is 11.6. The quantitative estimate of drug-likeness (QED) is 0.250. The number of aromatic hydroxyl groups is 1. The van der Waals surface area contributed by atoms with E-state index in [1.165, 1.54) is 33.3 Å². The summed E-state index contributed by atoms with van der Waals surface area (Å²) in [5.41, 5.74) is 9.26. The van der Waals surface area contributed by atoms with Gasteiger partial charge < -0.3 is 19.8 Å². The third-order valence-corrected chi connectivity index (χ3v) is 6.43. The molecule has 3 N–H and O–H groups in total. The molecule has 0 unspecified atom stereocenters. The van der Waals surface area contributed by atoms with Crippen molar-refractivity contribution in [1.82, 2.24) is 9.97 Å². The Labute approximate surface area is 204 Å². The maximum absolute atomic E-state index is 9.48. The van der Waals surface area contributed by atoms with E-state index >= 15 is 0 Å². The Morgan fingerprint density at radius 2 is 1.09 bits per heavy atom. The summed E-state index contributed by atoms with van der Waals surface area (Å²) in [6.07, 6.45) is 0. The fourth-order valence-corrected chi connectivity index (χ4v) is 4.56. The van der Waals surface area contributed by atoms with Crippen LogP contribution in [0.5, 0.6) is 11.5 Å². The highest BCUT2D eigenvalue weighted by atomic mass is 16.5. The van der Waals surface area contributed by atoms with Gasteiger partial charge in [0.15, 0.2) is 0 Å². The number of hydrogen-bond donors (Lipinski definition) is 3. The van der Waals surface area contributed by atoms with E-state index in [0.29, 0.717) is 5.75 Å². The number of fused-ring (bicyclic) bond motifs is 2. The van der Waals surface area contributed by atoms with Gasteiger partial charge in [-0.15, -0.1) is 0 Å². The second-order valence-electron chi connectivity index (χ2n) is 8.62. The van der Waals surface area contributed by atoms with Gasteiger partial charge in [-0.2, -0.15) is 0 Å².